The van der Waals surface area contributed by atoms with E-state index in [4.69, 9.17) is 4.74 Å². The largest absolute Gasteiger partial charge is 0.461 e. The van der Waals surface area contributed by atoms with Crippen LogP contribution in [0.15, 0.2) is 36.4 Å². The zero-order chi connectivity index (χ0) is 14.5. The lowest BCUT2D eigenvalue weighted by Crippen LogP contribution is -2.22. The molecular formula is C16H22O3. The molecule has 3 heteroatoms. The third-order valence-electron chi connectivity index (χ3n) is 2.66. The van der Waals surface area contributed by atoms with Crippen molar-refractivity contribution in [1.82, 2.24) is 0 Å². The van der Waals surface area contributed by atoms with Gasteiger partial charge < -0.3 is 9.84 Å². The molecule has 19 heavy (non-hydrogen) atoms. The van der Waals surface area contributed by atoms with E-state index >= 15 is 0 Å². The predicted octanol–water partition coefficient (Wildman–Crippen LogP) is 3.17. The van der Waals surface area contributed by atoms with Crippen LogP contribution in [0, 0.1) is 12.3 Å². The molecular weight excluding hydrogens is 240 g/mol. The van der Waals surface area contributed by atoms with Crippen LogP contribution in [0.4, 0.5) is 0 Å². The molecule has 0 bridgehead atoms. The number of hydrogen-bond donors (Lipinski definition) is 1. The van der Waals surface area contributed by atoms with Gasteiger partial charge in [-0.05, 0) is 39.3 Å². The first-order chi connectivity index (χ1) is 8.80. The molecule has 0 saturated carbocycles. The highest BCUT2D eigenvalue weighted by Crippen LogP contribution is 2.16. The maximum absolute atomic E-state index is 11.5. The maximum atomic E-state index is 11.5. The Balaban J connectivity index is 2.45. The molecule has 0 spiro atoms. The Morgan fingerprint density at radius 2 is 1.89 bits per heavy atom. The third-order valence-corrected chi connectivity index (χ3v) is 2.66. The topological polar surface area (TPSA) is 46.5 Å². The highest BCUT2D eigenvalue weighted by molar-refractivity contribution is 5.75. The second-order valence-electron chi connectivity index (χ2n) is 5.63. The summed E-state index contributed by atoms with van der Waals surface area (Å²) in [6, 6.07) is 7.66. The van der Waals surface area contributed by atoms with E-state index < -0.39 is 11.5 Å². The van der Waals surface area contributed by atoms with E-state index in [0.717, 1.165) is 11.1 Å². The van der Waals surface area contributed by atoms with Crippen molar-refractivity contribution in [2.75, 3.05) is 6.61 Å². The number of carbonyl (C=O) groups excluding carboxylic acids is 1. The molecule has 1 aromatic carbocycles. The fourth-order valence-electron chi connectivity index (χ4n) is 1.40. The number of benzene rings is 1. The summed E-state index contributed by atoms with van der Waals surface area (Å²) in [5, 5.41) is 9.91. The minimum atomic E-state index is -0.672. The zero-order valence-corrected chi connectivity index (χ0v) is 12.0. The second kappa shape index (κ2) is 6.53. The molecule has 0 aliphatic rings. The van der Waals surface area contributed by atoms with Gasteiger partial charge in [0.05, 0.1) is 11.5 Å². The van der Waals surface area contributed by atoms with Crippen LogP contribution in [0.5, 0.6) is 0 Å². The van der Waals surface area contributed by atoms with E-state index in [-0.39, 0.29) is 12.6 Å². The Morgan fingerprint density at radius 3 is 2.42 bits per heavy atom. The zero-order valence-electron chi connectivity index (χ0n) is 12.0. The van der Waals surface area contributed by atoms with Gasteiger partial charge in [-0.2, -0.15) is 0 Å². The second-order valence-corrected chi connectivity index (χ2v) is 5.63. The van der Waals surface area contributed by atoms with Crippen molar-refractivity contribution in [3.05, 3.63) is 47.5 Å². The van der Waals surface area contributed by atoms with Gasteiger partial charge in [0.1, 0.15) is 6.61 Å². The van der Waals surface area contributed by atoms with Gasteiger partial charge in [0.15, 0.2) is 0 Å². The lowest BCUT2D eigenvalue weighted by Gasteiger charge is -2.15. The number of rotatable bonds is 4. The van der Waals surface area contributed by atoms with Crippen molar-refractivity contribution in [3.8, 4) is 0 Å². The van der Waals surface area contributed by atoms with E-state index in [1.807, 2.05) is 31.2 Å². The highest BCUT2D eigenvalue weighted by atomic mass is 16.5. The monoisotopic (exact) mass is 262 g/mol. The fraction of sp³-hybridized carbons (Fsp3) is 0.438. The molecule has 3 nitrogen and oxygen atoms in total. The lowest BCUT2D eigenvalue weighted by molar-refractivity contribution is -0.151. The molecule has 1 unspecified atom stereocenters. The first kappa shape index (κ1) is 15.4. The SMILES string of the molecule is Cc1ccc(C(O)/C=C/COC(=O)C(C)(C)C)cc1. The summed E-state index contributed by atoms with van der Waals surface area (Å²) in [5.74, 6) is -0.248. The van der Waals surface area contributed by atoms with Crippen molar-refractivity contribution in [3.63, 3.8) is 0 Å². The lowest BCUT2D eigenvalue weighted by atomic mass is 9.97. The summed E-state index contributed by atoms with van der Waals surface area (Å²) >= 11 is 0. The van der Waals surface area contributed by atoms with Crippen LogP contribution >= 0.6 is 0 Å². The standard InChI is InChI=1S/C16H22O3/c1-12-7-9-13(10-8-12)14(17)6-5-11-19-15(18)16(2,3)4/h5-10,14,17H,11H2,1-4H3/b6-5+. The highest BCUT2D eigenvalue weighted by Gasteiger charge is 2.22. The molecule has 0 fully saturated rings. The minimum absolute atomic E-state index is 0.180. The van der Waals surface area contributed by atoms with Gasteiger partial charge in [0.25, 0.3) is 0 Å². The van der Waals surface area contributed by atoms with Crippen molar-refractivity contribution in [2.45, 2.75) is 33.8 Å². The van der Waals surface area contributed by atoms with Crippen molar-refractivity contribution >= 4 is 5.97 Å². The van der Waals surface area contributed by atoms with Gasteiger partial charge in [-0.25, -0.2) is 0 Å². The third kappa shape index (κ3) is 5.26. The average Bonchev–Trinajstić information content (AvgIpc) is 2.33. The maximum Gasteiger partial charge on any atom is 0.311 e. The minimum Gasteiger partial charge on any atom is -0.461 e. The van der Waals surface area contributed by atoms with E-state index in [1.54, 1.807) is 32.9 Å². The Morgan fingerprint density at radius 1 is 1.32 bits per heavy atom. The number of aryl methyl sites for hydroxylation is 1. The summed E-state index contributed by atoms with van der Waals surface area (Å²) in [6.07, 6.45) is 2.61. The van der Waals surface area contributed by atoms with Crippen LogP contribution in [0.2, 0.25) is 0 Å². The normalized spacial score (nSPS) is 13.5. The summed E-state index contributed by atoms with van der Waals surface area (Å²) < 4.78 is 5.07. The molecule has 1 N–H and O–H groups in total. The average molecular weight is 262 g/mol. The molecule has 0 amide bonds. The Labute approximate surface area is 114 Å². The molecule has 1 atom stereocenters. The van der Waals surface area contributed by atoms with Gasteiger partial charge in [0.2, 0.25) is 0 Å². The van der Waals surface area contributed by atoms with Crippen LogP contribution in [-0.2, 0) is 9.53 Å². The van der Waals surface area contributed by atoms with Crippen LogP contribution in [-0.4, -0.2) is 17.7 Å². The van der Waals surface area contributed by atoms with Crippen molar-refractivity contribution in [1.29, 1.82) is 0 Å². The van der Waals surface area contributed by atoms with Crippen molar-refractivity contribution in [2.24, 2.45) is 5.41 Å². The van der Waals surface area contributed by atoms with Gasteiger partial charge in [-0.1, -0.05) is 35.9 Å². The van der Waals surface area contributed by atoms with Crippen LogP contribution in [0.3, 0.4) is 0 Å². The van der Waals surface area contributed by atoms with Gasteiger partial charge in [-0.15, -0.1) is 0 Å². The van der Waals surface area contributed by atoms with E-state index in [2.05, 4.69) is 0 Å². The molecule has 0 radical (unpaired) electrons. The van der Waals surface area contributed by atoms with Gasteiger partial charge >= 0.3 is 5.97 Å². The number of aliphatic hydroxyl groups is 1. The summed E-state index contributed by atoms with van der Waals surface area (Å²) in [6.45, 7) is 7.59. The Kier molecular flexibility index (Phi) is 5.31. The number of carbonyl (C=O) groups is 1. The quantitative estimate of drug-likeness (QED) is 0.669. The molecule has 0 heterocycles. The molecule has 0 saturated heterocycles. The summed E-state index contributed by atoms with van der Waals surface area (Å²) in [4.78, 5) is 11.5. The number of ether oxygens (including phenoxy) is 1. The summed E-state index contributed by atoms with van der Waals surface area (Å²) in [5.41, 5.74) is 1.48. The van der Waals surface area contributed by atoms with Crippen LogP contribution in [0.25, 0.3) is 0 Å². The van der Waals surface area contributed by atoms with Crippen LogP contribution in [0.1, 0.15) is 38.0 Å². The van der Waals surface area contributed by atoms with Gasteiger partial charge in [0, 0.05) is 0 Å². The summed E-state index contributed by atoms with van der Waals surface area (Å²) in [7, 11) is 0. The number of aliphatic hydroxyl groups excluding tert-OH is 1. The van der Waals surface area contributed by atoms with E-state index in [0.29, 0.717) is 0 Å². The first-order valence-electron chi connectivity index (χ1n) is 6.39. The molecule has 104 valence electrons. The Hall–Kier alpha value is -1.61. The van der Waals surface area contributed by atoms with Gasteiger partial charge in [-0.3, -0.25) is 4.79 Å². The number of hydrogen-bond acceptors (Lipinski definition) is 3. The van der Waals surface area contributed by atoms with E-state index in [9.17, 15) is 9.90 Å². The molecule has 0 aliphatic heterocycles. The molecule has 0 aliphatic carbocycles. The fourth-order valence-corrected chi connectivity index (χ4v) is 1.40. The first-order valence-corrected chi connectivity index (χ1v) is 6.39. The molecule has 0 aromatic heterocycles. The van der Waals surface area contributed by atoms with Crippen molar-refractivity contribution < 1.29 is 14.6 Å². The molecule has 1 aromatic rings. The smallest absolute Gasteiger partial charge is 0.311 e. The Bertz CT molecular complexity index is 438. The number of esters is 1. The van der Waals surface area contributed by atoms with E-state index in [1.165, 1.54) is 0 Å². The predicted molar refractivity (Wildman–Crippen MR) is 75.7 cm³/mol. The molecule has 1 rings (SSSR count). The van der Waals surface area contributed by atoms with Crippen LogP contribution < -0.4 is 0 Å².